The van der Waals surface area contributed by atoms with E-state index in [1.807, 2.05) is 0 Å². The monoisotopic (exact) mass is 425 g/mol. The molecule has 2 aromatic rings. The van der Waals surface area contributed by atoms with Gasteiger partial charge in [-0.05, 0) is 42.0 Å². The summed E-state index contributed by atoms with van der Waals surface area (Å²) in [5, 5.41) is 11.0. The standard InChI is InChI=1S/C20H19N5O5.CH4/c1-29-19-15(12-22-20(24-19)30-2)6-4-3-5-13-7-9-14(10-8-13)17(26)23-16(11-21)18(27)25-28;/h7-10,12,16,28H,11,21H2,1-2H3,(H,23,26)(H,25,27);1H4/t16-;/m0./s1. The number of nitrogens with two attached hydrogens (primary N) is 1. The molecule has 10 nitrogen and oxygen atoms in total. The lowest BCUT2D eigenvalue weighted by Crippen LogP contribution is -2.50. The van der Waals surface area contributed by atoms with E-state index in [0.29, 0.717) is 16.7 Å². The normalized spacial score (nSPS) is 10.1. The van der Waals surface area contributed by atoms with Gasteiger partial charge in [0.15, 0.2) is 0 Å². The van der Waals surface area contributed by atoms with Crippen LogP contribution in [0.3, 0.4) is 0 Å². The van der Waals surface area contributed by atoms with E-state index in [2.05, 4.69) is 39.0 Å². The van der Waals surface area contributed by atoms with Crippen molar-refractivity contribution in [3.05, 3.63) is 47.2 Å². The predicted octanol–water partition coefficient (Wildman–Crippen LogP) is 0.0956. The molecule has 0 saturated heterocycles. The van der Waals surface area contributed by atoms with Crippen molar-refractivity contribution in [2.45, 2.75) is 13.5 Å². The van der Waals surface area contributed by atoms with Gasteiger partial charge in [0.2, 0.25) is 5.88 Å². The van der Waals surface area contributed by atoms with Crippen molar-refractivity contribution in [1.82, 2.24) is 20.8 Å². The number of aromatic nitrogens is 2. The molecule has 0 spiro atoms. The Hall–Kier alpha value is -4.12. The molecule has 162 valence electrons. The Morgan fingerprint density at radius 1 is 1.16 bits per heavy atom. The molecule has 0 unspecified atom stereocenters. The summed E-state index contributed by atoms with van der Waals surface area (Å²) < 4.78 is 10.1. The summed E-state index contributed by atoms with van der Waals surface area (Å²) >= 11 is 0. The number of amides is 2. The molecule has 2 rings (SSSR count). The number of nitrogens with one attached hydrogen (secondary N) is 2. The maximum Gasteiger partial charge on any atom is 0.319 e. The van der Waals surface area contributed by atoms with E-state index in [1.54, 1.807) is 12.1 Å². The minimum Gasteiger partial charge on any atom is -0.480 e. The largest absolute Gasteiger partial charge is 0.480 e. The van der Waals surface area contributed by atoms with Gasteiger partial charge in [0.25, 0.3) is 11.8 Å². The number of methoxy groups -OCH3 is 2. The second kappa shape index (κ2) is 12.4. The van der Waals surface area contributed by atoms with Gasteiger partial charge < -0.3 is 20.5 Å². The third-order valence-corrected chi connectivity index (χ3v) is 3.69. The van der Waals surface area contributed by atoms with Crippen molar-refractivity contribution in [2.75, 3.05) is 20.8 Å². The van der Waals surface area contributed by atoms with Gasteiger partial charge in [-0.2, -0.15) is 4.98 Å². The van der Waals surface area contributed by atoms with Crippen LogP contribution < -0.4 is 26.0 Å². The van der Waals surface area contributed by atoms with Crippen LogP contribution >= 0.6 is 0 Å². The van der Waals surface area contributed by atoms with Crippen LogP contribution in [0, 0.1) is 23.7 Å². The van der Waals surface area contributed by atoms with Gasteiger partial charge >= 0.3 is 6.01 Å². The van der Waals surface area contributed by atoms with E-state index in [0.717, 1.165) is 0 Å². The van der Waals surface area contributed by atoms with Gasteiger partial charge in [0.1, 0.15) is 11.6 Å². The van der Waals surface area contributed by atoms with Crippen molar-refractivity contribution in [1.29, 1.82) is 0 Å². The summed E-state index contributed by atoms with van der Waals surface area (Å²) in [5.41, 5.74) is 8.24. The molecule has 0 bridgehead atoms. The Bertz CT molecular complexity index is 1030. The van der Waals surface area contributed by atoms with Gasteiger partial charge in [-0.1, -0.05) is 13.3 Å². The Balaban J connectivity index is 0.00000480. The van der Waals surface area contributed by atoms with E-state index >= 15 is 0 Å². The molecule has 0 aliphatic rings. The number of carbonyl (C=O) groups is 2. The van der Waals surface area contributed by atoms with E-state index < -0.39 is 17.9 Å². The van der Waals surface area contributed by atoms with E-state index in [4.69, 9.17) is 20.4 Å². The summed E-state index contributed by atoms with van der Waals surface area (Å²) in [5.74, 6) is 9.97. The molecule has 1 aromatic carbocycles. The molecular weight excluding hydrogens is 402 g/mol. The minimum atomic E-state index is -1.05. The SMILES string of the molecule is C.COc1ncc(C#CC#Cc2ccc(C(=O)N[C@@H](CN)C(=O)NO)cc2)c(OC)n1. The third kappa shape index (κ3) is 7.01. The molecule has 1 atom stereocenters. The zero-order chi connectivity index (χ0) is 21.9. The highest BCUT2D eigenvalue weighted by Gasteiger charge is 2.19. The summed E-state index contributed by atoms with van der Waals surface area (Å²) in [6.45, 7) is -0.162. The molecule has 2 amide bonds. The van der Waals surface area contributed by atoms with Crippen LogP contribution in [0.1, 0.15) is 28.9 Å². The Labute approximate surface area is 180 Å². The zero-order valence-electron chi connectivity index (χ0n) is 16.2. The number of benzene rings is 1. The Morgan fingerprint density at radius 3 is 2.42 bits per heavy atom. The first-order valence-electron chi connectivity index (χ1n) is 8.54. The molecule has 31 heavy (non-hydrogen) atoms. The lowest BCUT2D eigenvalue weighted by molar-refractivity contribution is -0.130. The fourth-order valence-corrected chi connectivity index (χ4v) is 2.15. The van der Waals surface area contributed by atoms with Crippen molar-refractivity contribution in [2.24, 2.45) is 5.73 Å². The lowest BCUT2D eigenvalue weighted by atomic mass is 10.1. The third-order valence-electron chi connectivity index (χ3n) is 3.69. The van der Waals surface area contributed by atoms with E-state index in [9.17, 15) is 9.59 Å². The van der Waals surface area contributed by atoms with Gasteiger partial charge in [0.05, 0.1) is 20.4 Å². The van der Waals surface area contributed by atoms with Gasteiger partial charge in [-0.15, -0.1) is 0 Å². The highest BCUT2D eigenvalue weighted by atomic mass is 16.5. The minimum absolute atomic E-state index is 0. The van der Waals surface area contributed by atoms with Crippen molar-refractivity contribution in [3.8, 4) is 35.6 Å². The first kappa shape index (κ1) is 24.9. The maximum atomic E-state index is 12.1. The zero-order valence-corrected chi connectivity index (χ0v) is 16.2. The number of rotatable bonds is 6. The van der Waals surface area contributed by atoms with E-state index in [-0.39, 0.29) is 25.9 Å². The van der Waals surface area contributed by atoms with Crippen molar-refractivity contribution in [3.63, 3.8) is 0 Å². The van der Waals surface area contributed by atoms with Crippen LogP contribution in [-0.4, -0.2) is 53.8 Å². The molecule has 0 aliphatic carbocycles. The Morgan fingerprint density at radius 2 is 1.84 bits per heavy atom. The van der Waals surface area contributed by atoms with Gasteiger partial charge in [-0.25, -0.2) is 10.5 Å². The fourth-order valence-electron chi connectivity index (χ4n) is 2.15. The molecule has 0 fully saturated rings. The van der Waals surface area contributed by atoms with Crippen LogP contribution in [0.4, 0.5) is 0 Å². The molecule has 0 radical (unpaired) electrons. The first-order chi connectivity index (χ1) is 14.5. The van der Waals surface area contributed by atoms with Crippen molar-refractivity contribution >= 4 is 11.8 Å². The van der Waals surface area contributed by atoms with Crippen LogP contribution in [0.25, 0.3) is 0 Å². The average Bonchev–Trinajstić information content (AvgIpc) is 2.79. The van der Waals surface area contributed by atoms with Crippen molar-refractivity contribution < 1.29 is 24.3 Å². The summed E-state index contributed by atoms with van der Waals surface area (Å²) in [7, 11) is 2.91. The first-order valence-corrected chi connectivity index (χ1v) is 8.54. The second-order valence-electron chi connectivity index (χ2n) is 5.59. The topological polar surface area (TPSA) is 149 Å². The predicted molar refractivity (Wildman–Crippen MR) is 112 cm³/mol. The lowest BCUT2D eigenvalue weighted by Gasteiger charge is -2.14. The number of carbonyl (C=O) groups excluding carboxylic acids is 2. The quantitative estimate of drug-likeness (QED) is 0.289. The van der Waals surface area contributed by atoms with Gasteiger partial charge in [0, 0.05) is 17.7 Å². The number of hydrogen-bond donors (Lipinski definition) is 4. The second-order valence-corrected chi connectivity index (χ2v) is 5.59. The Kier molecular flexibility index (Phi) is 10.0. The number of hydrogen-bond acceptors (Lipinski definition) is 8. The molecule has 0 aliphatic heterocycles. The highest BCUT2D eigenvalue weighted by Crippen LogP contribution is 2.15. The summed E-state index contributed by atoms with van der Waals surface area (Å²) in [4.78, 5) is 31.5. The number of nitrogens with zero attached hydrogens (tertiary/aromatic N) is 2. The molecular formula is C21H23N5O5. The average molecular weight is 425 g/mol. The van der Waals surface area contributed by atoms with Crippen LogP contribution in [0.5, 0.6) is 11.9 Å². The maximum absolute atomic E-state index is 12.1. The number of ether oxygens (including phenoxy) is 2. The molecule has 5 N–H and O–H groups in total. The molecule has 1 aromatic heterocycles. The van der Waals surface area contributed by atoms with E-state index in [1.165, 1.54) is 38.0 Å². The van der Waals surface area contributed by atoms with Crippen LogP contribution in [0.2, 0.25) is 0 Å². The summed E-state index contributed by atoms with van der Waals surface area (Å²) in [6.07, 6.45) is 1.47. The van der Waals surface area contributed by atoms with Crippen LogP contribution in [0.15, 0.2) is 30.5 Å². The fraction of sp³-hybridized carbons (Fsp3) is 0.238. The van der Waals surface area contributed by atoms with Gasteiger partial charge in [-0.3, -0.25) is 14.8 Å². The molecule has 10 heteroatoms. The molecule has 0 saturated carbocycles. The molecule has 1 heterocycles. The highest BCUT2D eigenvalue weighted by molar-refractivity contribution is 5.97. The van der Waals surface area contributed by atoms with Crippen LogP contribution in [-0.2, 0) is 4.79 Å². The smallest absolute Gasteiger partial charge is 0.319 e. The summed E-state index contributed by atoms with van der Waals surface area (Å²) in [6, 6.07) is 5.46. The number of hydroxylamine groups is 1.